The summed E-state index contributed by atoms with van der Waals surface area (Å²) in [7, 11) is 0. The molecule has 5 nitrogen and oxygen atoms in total. The first-order chi connectivity index (χ1) is 13.5. The van der Waals surface area contributed by atoms with Crippen molar-refractivity contribution in [2.24, 2.45) is 10.5 Å². The van der Waals surface area contributed by atoms with E-state index >= 15 is 0 Å². The van der Waals surface area contributed by atoms with Crippen LogP contribution in [0.1, 0.15) is 24.7 Å². The molecule has 0 saturated carbocycles. The second-order valence-electron chi connectivity index (χ2n) is 6.84. The zero-order valence-electron chi connectivity index (χ0n) is 15.5. The maximum atomic E-state index is 13.8. The minimum absolute atomic E-state index is 0.207. The van der Waals surface area contributed by atoms with Crippen LogP contribution in [0.3, 0.4) is 0 Å². The van der Waals surface area contributed by atoms with Crippen molar-refractivity contribution >= 4 is 46.6 Å². The van der Waals surface area contributed by atoms with Gasteiger partial charge in [-0.1, -0.05) is 54.1 Å². The molecule has 2 aromatic rings. The molecule has 3 atom stereocenters. The Morgan fingerprint density at radius 2 is 1.89 bits per heavy atom. The second kappa shape index (κ2) is 7.26. The Hall–Kier alpha value is -2.31. The molecule has 1 fully saturated rings. The molecule has 2 heterocycles. The molecule has 4 rings (SSSR count). The number of hydrogen-bond acceptors (Lipinski definition) is 5. The highest BCUT2D eigenvalue weighted by Gasteiger charge is 2.65. The van der Waals surface area contributed by atoms with Gasteiger partial charge in [0.2, 0.25) is 0 Å². The predicted molar refractivity (Wildman–Crippen MR) is 112 cm³/mol. The number of hydrazone groups is 1. The maximum Gasteiger partial charge on any atom is 0.302 e. The Labute approximate surface area is 172 Å². The minimum Gasteiger partial charge on any atom is -0.460 e. The zero-order valence-corrected chi connectivity index (χ0v) is 17.0. The standard InChI is InChI=1S/C21H19ClN2O3S/c1-13-21(20(26)24(23-13)17-11-7-6-10-16(17)22)18(27-14(2)25)12-28-19(21)15-8-4-3-5-9-15/h3-11,18-19H,12H2,1-2H3/t18-,19-,21+/m0/s1. The number of carbonyl (C=O) groups is 2. The van der Waals surface area contributed by atoms with E-state index in [9.17, 15) is 9.59 Å². The van der Waals surface area contributed by atoms with Gasteiger partial charge in [-0.05, 0) is 24.6 Å². The monoisotopic (exact) mass is 414 g/mol. The zero-order chi connectivity index (χ0) is 19.9. The van der Waals surface area contributed by atoms with Gasteiger partial charge >= 0.3 is 5.97 Å². The molecule has 7 heteroatoms. The van der Waals surface area contributed by atoms with Crippen molar-refractivity contribution in [3.8, 4) is 0 Å². The molecule has 2 aromatic carbocycles. The van der Waals surface area contributed by atoms with E-state index in [1.54, 1.807) is 30.0 Å². The van der Waals surface area contributed by atoms with Gasteiger partial charge in [0.05, 0.1) is 21.7 Å². The molecule has 1 amide bonds. The topological polar surface area (TPSA) is 59.0 Å². The van der Waals surface area contributed by atoms with Gasteiger partial charge < -0.3 is 4.74 Å². The highest BCUT2D eigenvalue weighted by Crippen LogP contribution is 2.58. The first kappa shape index (κ1) is 19.0. The average Bonchev–Trinajstić information content (AvgIpc) is 3.17. The molecule has 0 N–H and O–H groups in total. The maximum absolute atomic E-state index is 13.8. The predicted octanol–water partition coefficient (Wildman–Crippen LogP) is 4.47. The van der Waals surface area contributed by atoms with Crippen molar-refractivity contribution in [3.63, 3.8) is 0 Å². The Morgan fingerprint density at radius 3 is 2.57 bits per heavy atom. The van der Waals surface area contributed by atoms with Gasteiger partial charge in [-0.25, -0.2) is 0 Å². The molecule has 0 aliphatic carbocycles. The van der Waals surface area contributed by atoms with E-state index in [4.69, 9.17) is 16.3 Å². The molecule has 2 aliphatic rings. The van der Waals surface area contributed by atoms with Gasteiger partial charge in [0, 0.05) is 12.7 Å². The number of hydrogen-bond donors (Lipinski definition) is 0. The third kappa shape index (κ3) is 2.83. The number of thioether (sulfide) groups is 1. The van der Waals surface area contributed by atoms with E-state index in [1.165, 1.54) is 11.9 Å². The molecular formula is C21H19ClN2O3S. The first-order valence-corrected chi connectivity index (χ1v) is 10.4. The molecule has 0 unspecified atom stereocenters. The number of esters is 1. The van der Waals surface area contributed by atoms with Gasteiger partial charge in [-0.3, -0.25) is 9.59 Å². The number of rotatable bonds is 3. The Kier molecular flexibility index (Phi) is 4.93. The van der Waals surface area contributed by atoms with Crippen LogP contribution in [0.25, 0.3) is 0 Å². The van der Waals surface area contributed by atoms with Crippen LogP contribution in [0.15, 0.2) is 59.7 Å². The van der Waals surface area contributed by atoms with Crippen molar-refractivity contribution in [3.05, 3.63) is 65.2 Å². The third-order valence-electron chi connectivity index (χ3n) is 5.22. The number of anilines is 1. The second-order valence-corrected chi connectivity index (χ2v) is 8.39. The Morgan fingerprint density at radius 1 is 1.21 bits per heavy atom. The van der Waals surface area contributed by atoms with Crippen molar-refractivity contribution in [2.45, 2.75) is 25.2 Å². The number of nitrogens with zero attached hydrogens (tertiary/aromatic N) is 2. The van der Waals surface area contributed by atoms with Crippen LogP contribution in [0.2, 0.25) is 5.02 Å². The van der Waals surface area contributed by atoms with Crippen molar-refractivity contribution in [1.29, 1.82) is 0 Å². The van der Waals surface area contributed by atoms with E-state index < -0.39 is 17.5 Å². The summed E-state index contributed by atoms with van der Waals surface area (Å²) in [5.74, 6) is -0.104. The molecule has 2 aliphatic heterocycles. The van der Waals surface area contributed by atoms with E-state index in [-0.39, 0.29) is 11.2 Å². The highest BCUT2D eigenvalue weighted by molar-refractivity contribution is 8.00. The number of benzene rings is 2. The molecule has 0 radical (unpaired) electrons. The highest BCUT2D eigenvalue weighted by atomic mass is 35.5. The molecule has 1 spiro atoms. The lowest BCUT2D eigenvalue weighted by molar-refractivity contribution is -0.151. The van der Waals surface area contributed by atoms with Crippen LogP contribution in [-0.2, 0) is 14.3 Å². The minimum atomic E-state index is -1.06. The van der Waals surface area contributed by atoms with Gasteiger partial charge in [-0.2, -0.15) is 10.1 Å². The summed E-state index contributed by atoms with van der Waals surface area (Å²) in [6.45, 7) is 3.19. The van der Waals surface area contributed by atoms with Crippen LogP contribution in [0, 0.1) is 5.41 Å². The Bertz CT molecular complexity index is 965. The lowest BCUT2D eigenvalue weighted by Crippen LogP contribution is -2.50. The summed E-state index contributed by atoms with van der Waals surface area (Å²) in [5, 5.41) is 6.17. The number of halogens is 1. The largest absolute Gasteiger partial charge is 0.460 e. The summed E-state index contributed by atoms with van der Waals surface area (Å²) in [6, 6.07) is 16.9. The lowest BCUT2D eigenvalue weighted by Gasteiger charge is -2.33. The average molecular weight is 415 g/mol. The smallest absolute Gasteiger partial charge is 0.302 e. The number of amides is 1. The number of carbonyl (C=O) groups excluding carboxylic acids is 2. The summed E-state index contributed by atoms with van der Waals surface area (Å²) in [4.78, 5) is 25.6. The van der Waals surface area contributed by atoms with Crippen LogP contribution in [-0.4, -0.2) is 29.4 Å². The van der Waals surface area contributed by atoms with Crippen molar-refractivity contribution in [1.82, 2.24) is 0 Å². The van der Waals surface area contributed by atoms with Crippen LogP contribution >= 0.6 is 23.4 Å². The van der Waals surface area contributed by atoms with Crippen molar-refractivity contribution in [2.75, 3.05) is 10.8 Å². The van der Waals surface area contributed by atoms with E-state index in [1.807, 2.05) is 43.3 Å². The van der Waals surface area contributed by atoms with Gasteiger partial charge in [0.1, 0.15) is 11.5 Å². The van der Waals surface area contributed by atoms with E-state index in [2.05, 4.69) is 5.10 Å². The first-order valence-electron chi connectivity index (χ1n) is 8.94. The van der Waals surface area contributed by atoms with Crippen molar-refractivity contribution < 1.29 is 14.3 Å². The molecular weight excluding hydrogens is 396 g/mol. The molecule has 28 heavy (non-hydrogen) atoms. The van der Waals surface area contributed by atoms with Gasteiger partial charge in [0.15, 0.2) is 0 Å². The van der Waals surface area contributed by atoms with E-state index in [0.29, 0.717) is 22.2 Å². The quantitative estimate of drug-likeness (QED) is 0.695. The summed E-state index contributed by atoms with van der Waals surface area (Å²) in [6.07, 6.45) is -0.594. The number of para-hydroxylation sites is 1. The summed E-state index contributed by atoms with van der Waals surface area (Å²) < 4.78 is 5.63. The third-order valence-corrected chi connectivity index (χ3v) is 7.01. The molecule has 0 bridgehead atoms. The lowest BCUT2D eigenvalue weighted by atomic mass is 9.73. The molecule has 1 saturated heterocycles. The molecule has 144 valence electrons. The summed E-state index contributed by atoms with van der Waals surface area (Å²) in [5.41, 5.74) is 1.10. The Balaban J connectivity index is 1.84. The van der Waals surface area contributed by atoms with E-state index in [0.717, 1.165) is 5.56 Å². The normalized spacial score (nSPS) is 26.6. The van der Waals surface area contributed by atoms with Crippen LogP contribution < -0.4 is 5.01 Å². The fraction of sp³-hybridized carbons (Fsp3) is 0.286. The number of ether oxygens (including phenoxy) is 1. The van der Waals surface area contributed by atoms with Crippen LogP contribution in [0.5, 0.6) is 0 Å². The fourth-order valence-electron chi connectivity index (χ4n) is 4.00. The summed E-state index contributed by atoms with van der Waals surface area (Å²) >= 11 is 7.94. The fourth-order valence-corrected chi connectivity index (χ4v) is 5.95. The SMILES string of the molecule is CC(=O)O[C@H]1CS[C@@H](c2ccccc2)[C@]12C(=O)N(c1ccccc1Cl)N=C2C. The van der Waals surface area contributed by atoms with Gasteiger partial charge in [0.25, 0.3) is 5.91 Å². The van der Waals surface area contributed by atoms with Gasteiger partial charge in [-0.15, -0.1) is 11.8 Å². The molecule has 0 aromatic heterocycles. The van der Waals surface area contributed by atoms with Crippen LogP contribution in [0.4, 0.5) is 5.69 Å².